The van der Waals surface area contributed by atoms with E-state index in [1.807, 2.05) is 0 Å². The number of rotatable bonds is 16. The Kier molecular flexibility index (Phi) is 21.2. The average Bonchev–Trinajstić information content (AvgIpc) is 3.22. The number of primary amides is 3. The molecular weight excluding hydrogens is 857 g/mol. The topological polar surface area (TPSA) is 406 Å². The molecule has 16 N–H and O–H groups in total. The SMILES string of the molecule is CC[C@H](C)[C@@H]1NC(O)[C@H](Cc2ccc(O)cc2)NC(=O)CNC(=O)CC[C@@H](C(=O)N(C)CC(=O)NC(C)(C)C(=O)NCC(N)=O)NC(=O)[C@H](CC(N)=O)NC(=O)[C@H](CCC(N)=O)NC1=O. The molecule has 360 valence electrons. The van der Waals surface area contributed by atoms with Gasteiger partial charge in [0, 0.05) is 19.9 Å². The molecular formula is C40H62N12O13. The van der Waals surface area contributed by atoms with Crippen molar-refractivity contribution in [2.75, 3.05) is 26.7 Å². The minimum absolute atomic E-state index is 0.0508. The Morgan fingerprint density at radius 3 is 2.06 bits per heavy atom. The van der Waals surface area contributed by atoms with Crippen molar-refractivity contribution in [3.63, 3.8) is 0 Å². The molecule has 0 saturated carbocycles. The smallest absolute Gasteiger partial charge is 0.245 e. The van der Waals surface area contributed by atoms with E-state index in [0.717, 1.165) is 11.9 Å². The van der Waals surface area contributed by atoms with Crippen LogP contribution in [0.1, 0.15) is 71.8 Å². The molecule has 1 heterocycles. The van der Waals surface area contributed by atoms with E-state index in [1.165, 1.54) is 38.1 Å². The van der Waals surface area contributed by atoms with Crippen molar-refractivity contribution in [1.29, 1.82) is 0 Å². The van der Waals surface area contributed by atoms with Gasteiger partial charge in [0.05, 0.1) is 38.1 Å². The highest BCUT2D eigenvalue weighted by molar-refractivity contribution is 5.98. The zero-order valence-electron chi connectivity index (χ0n) is 37.0. The second-order valence-electron chi connectivity index (χ2n) is 16.2. The number of amides is 11. The number of hydrogen-bond acceptors (Lipinski definition) is 14. The van der Waals surface area contributed by atoms with Gasteiger partial charge < -0.3 is 69.5 Å². The lowest BCUT2D eigenvalue weighted by atomic mass is 9.96. The molecule has 0 bridgehead atoms. The first-order valence-corrected chi connectivity index (χ1v) is 20.7. The minimum atomic E-state index is -1.81. The number of hydrogen-bond donors (Lipinski definition) is 13. The largest absolute Gasteiger partial charge is 0.508 e. The molecule has 0 aliphatic carbocycles. The van der Waals surface area contributed by atoms with Crippen molar-refractivity contribution in [3.8, 4) is 5.75 Å². The third kappa shape index (κ3) is 18.8. The zero-order chi connectivity index (χ0) is 49.2. The zero-order valence-corrected chi connectivity index (χ0v) is 37.0. The Morgan fingerprint density at radius 1 is 0.862 bits per heavy atom. The molecule has 7 atom stereocenters. The van der Waals surface area contributed by atoms with Gasteiger partial charge in [-0.2, -0.15) is 0 Å². The van der Waals surface area contributed by atoms with Crippen LogP contribution in [-0.4, -0.2) is 149 Å². The van der Waals surface area contributed by atoms with Crippen LogP contribution in [0.15, 0.2) is 24.3 Å². The van der Waals surface area contributed by atoms with Gasteiger partial charge in [-0.05, 0) is 56.7 Å². The molecule has 25 heteroatoms. The molecule has 1 unspecified atom stereocenters. The fraction of sp³-hybridized carbons (Fsp3) is 0.575. The summed E-state index contributed by atoms with van der Waals surface area (Å²) in [7, 11) is 1.16. The van der Waals surface area contributed by atoms with Gasteiger partial charge in [0.2, 0.25) is 65.0 Å². The number of aliphatic hydroxyl groups is 1. The van der Waals surface area contributed by atoms with Crippen molar-refractivity contribution in [1.82, 2.24) is 47.4 Å². The maximum absolute atomic E-state index is 14.0. The standard InChI is InChI=1S/C40H62N12O13/c1-6-20(2)33-37(63)47-23(11-13-27(41)54)34(60)49-26(16-28(42)55)35(61)48-24(38(64)52(5)19-32(59)51-40(3,4)39(65)45-17-29(43)56)12-14-30(57)44-18-31(58)46-25(36(62)50-33)15-21-7-9-22(53)10-8-21/h7-10,20,23-26,33,36,50,53,62H,6,11-19H2,1-5H3,(H2,41,54)(H2,42,55)(H2,43,56)(H,44,57)(H,45,65)(H,46,58)(H,47,63)(H,48,61)(H,49,60)(H,51,59)/t20-,23-,24-,25-,26-,33-,36?/m0/s1. The Balaban J connectivity index is 2.58. The summed E-state index contributed by atoms with van der Waals surface area (Å²) >= 11 is 0. The fourth-order valence-electron chi connectivity index (χ4n) is 6.38. The summed E-state index contributed by atoms with van der Waals surface area (Å²) in [5.41, 5.74) is 14.8. The van der Waals surface area contributed by atoms with E-state index >= 15 is 0 Å². The quantitative estimate of drug-likeness (QED) is 0.0735. The van der Waals surface area contributed by atoms with Gasteiger partial charge in [-0.3, -0.25) is 58.1 Å². The van der Waals surface area contributed by atoms with Crippen molar-refractivity contribution in [2.45, 2.75) is 115 Å². The molecule has 2 rings (SSSR count). The predicted molar refractivity (Wildman–Crippen MR) is 228 cm³/mol. The summed E-state index contributed by atoms with van der Waals surface area (Å²) < 4.78 is 0. The van der Waals surface area contributed by atoms with Crippen molar-refractivity contribution in [2.24, 2.45) is 23.1 Å². The van der Waals surface area contributed by atoms with Crippen LogP contribution in [0.4, 0.5) is 0 Å². The van der Waals surface area contributed by atoms with Gasteiger partial charge >= 0.3 is 0 Å². The van der Waals surface area contributed by atoms with E-state index < -0.39 is 165 Å². The summed E-state index contributed by atoms with van der Waals surface area (Å²) in [6.07, 6.45) is -4.05. The maximum Gasteiger partial charge on any atom is 0.245 e. The lowest BCUT2D eigenvalue weighted by Gasteiger charge is -2.32. The number of carbonyl (C=O) groups is 11. The number of aromatic hydroxyl groups is 1. The van der Waals surface area contributed by atoms with Crippen LogP contribution in [0.5, 0.6) is 5.75 Å². The number of nitrogens with zero attached hydrogens (tertiary/aromatic N) is 1. The number of aliphatic hydroxyl groups excluding tert-OH is 1. The highest BCUT2D eigenvalue weighted by atomic mass is 16.3. The van der Waals surface area contributed by atoms with Gasteiger partial charge in [0.15, 0.2) is 0 Å². The second kappa shape index (κ2) is 25.4. The van der Waals surface area contributed by atoms with Crippen LogP contribution in [-0.2, 0) is 59.2 Å². The first-order chi connectivity index (χ1) is 30.3. The van der Waals surface area contributed by atoms with Crippen LogP contribution in [0.3, 0.4) is 0 Å². The predicted octanol–water partition coefficient (Wildman–Crippen LogP) is -5.80. The average molecular weight is 919 g/mol. The summed E-state index contributed by atoms with van der Waals surface area (Å²) in [5.74, 6) is -10.7. The Morgan fingerprint density at radius 2 is 1.48 bits per heavy atom. The molecule has 0 spiro atoms. The summed E-state index contributed by atoms with van der Waals surface area (Å²) in [6, 6.07) is -1.64. The number of likely N-dealkylation sites (N-methyl/N-ethyl adjacent to an activating group) is 1. The van der Waals surface area contributed by atoms with Crippen molar-refractivity contribution >= 4 is 65.0 Å². The Labute approximate surface area is 374 Å². The first kappa shape index (κ1) is 54.2. The maximum atomic E-state index is 14.0. The molecule has 1 aromatic rings. The number of benzene rings is 1. The number of nitrogens with one attached hydrogen (secondary N) is 8. The third-order valence-electron chi connectivity index (χ3n) is 10.2. The van der Waals surface area contributed by atoms with Crippen molar-refractivity contribution in [3.05, 3.63) is 29.8 Å². The minimum Gasteiger partial charge on any atom is -0.508 e. The number of nitrogens with two attached hydrogens (primary N) is 3. The van der Waals surface area contributed by atoms with Crippen LogP contribution < -0.4 is 59.7 Å². The molecule has 1 aromatic carbocycles. The summed E-state index contributed by atoms with van der Waals surface area (Å²) in [4.78, 5) is 144. The molecule has 0 radical (unpaired) electrons. The molecule has 1 fully saturated rings. The van der Waals surface area contributed by atoms with E-state index in [0.29, 0.717) is 12.0 Å². The molecule has 11 amide bonds. The Hall–Kier alpha value is -6.89. The molecule has 1 aliphatic rings. The van der Waals surface area contributed by atoms with Gasteiger partial charge in [-0.15, -0.1) is 0 Å². The summed E-state index contributed by atoms with van der Waals surface area (Å²) in [6.45, 7) is 4.16. The molecule has 1 saturated heterocycles. The number of phenolic OH excluding ortho intramolecular Hbond substituents is 1. The van der Waals surface area contributed by atoms with E-state index in [9.17, 15) is 63.0 Å². The lowest BCUT2D eigenvalue weighted by molar-refractivity contribution is -0.140. The van der Waals surface area contributed by atoms with Crippen LogP contribution in [0.25, 0.3) is 0 Å². The van der Waals surface area contributed by atoms with Crippen LogP contribution in [0.2, 0.25) is 0 Å². The van der Waals surface area contributed by atoms with Crippen LogP contribution in [0, 0.1) is 5.92 Å². The molecule has 25 nitrogen and oxygen atoms in total. The monoisotopic (exact) mass is 918 g/mol. The molecule has 0 aromatic heterocycles. The van der Waals surface area contributed by atoms with E-state index in [4.69, 9.17) is 17.2 Å². The highest BCUT2D eigenvalue weighted by Crippen LogP contribution is 2.16. The van der Waals surface area contributed by atoms with Crippen LogP contribution >= 0.6 is 0 Å². The van der Waals surface area contributed by atoms with E-state index in [-0.39, 0.29) is 12.2 Å². The van der Waals surface area contributed by atoms with E-state index in [1.54, 1.807) is 13.8 Å². The summed E-state index contributed by atoms with van der Waals surface area (Å²) in [5, 5.41) is 41.0. The second-order valence-corrected chi connectivity index (χ2v) is 16.2. The molecule has 65 heavy (non-hydrogen) atoms. The Bertz CT molecular complexity index is 1930. The van der Waals surface area contributed by atoms with E-state index in [2.05, 4.69) is 42.5 Å². The first-order valence-electron chi connectivity index (χ1n) is 20.7. The number of phenols is 1. The van der Waals surface area contributed by atoms with Gasteiger partial charge in [0.1, 0.15) is 35.6 Å². The lowest BCUT2D eigenvalue weighted by Crippen LogP contribution is -2.62. The van der Waals surface area contributed by atoms with Gasteiger partial charge in [0.25, 0.3) is 0 Å². The fourth-order valence-corrected chi connectivity index (χ4v) is 6.38. The van der Waals surface area contributed by atoms with Gasteiger partial charge in [-0.1, -0.05) is 32.4 Å². The van der Waals surface area contributed by atoms with Crippen molar-refractivity contribution < 1.29 is 63.0 Å². The normalized spacial score (nSPS) is 22.3. The highest BCUT2D eigenvalue weighted by Gasteiger charge is 2.36. The number of carbonyl (C=O) groups excluding carboxylic acids is 11. The molecule has 1 aliphatic heterocycles. The van der Waals surface area contributed by atoms with Gasteiger partial charge in [-0.25, -0.2) is 0 Å². The third-order valence-corrected chi connectivity index (χ3v) is 10.2.